The van der Waals surface area contributed by atoms with E-state index in [1.54, 1.807) is 23.1 Å². The molecule has 6 rings (SSSR count). The lowest BCUT2D eigenvalue weighted by Gasteiger charge is -2.14. The van der Waals surface area contributed by atoms with Gasteiger partial charge in [0.25, 0.3) is 0 Å². The molecule has 0 aliphatic carbocycles. The zero-order chi connectivity index (χ0) is 29.1. The van der Waals surface area contributed by atoms with Crippen molar-refractivity contribution in [2.75, 3.05) is 16.0 Å². The minimum absolute atomic E-state index is 0.236. The molecular weight excluding hydrogens is 526 g/mol. The van der Waals surface area contributed by atoms with Gasteiger partial charge in [-0.15, -0.1) is 0 Å². The van der Waals surface area contributed by atoms with Gasteiger partial charge in [0, 0.05) is 41.1 Å². The summed E-state index contributed by atoms with van der Waals surface area (Å²) in [5.74, 6) is 0.987. The number of fused-ring (bicyclic) bond motifs is 2. The standard InChI is InChI=1S/C32H29N9O/c1-4-28(42)37-23-11-12-26-21(16-23)13-15-34-29(26)25-10-6-5-8-22(25)17-35-32-40-31(38-24-9-7-14-33-18-24)39-30-27(20(2)3)19-36-41(30)32/h4-16,18-20H,1,17H2,2-3H3,(H,37,42)(H2,35,38,39,40). The highest BCUT2D eigenvalue weighted by atomic mass is 16.1. The summed E-state index contributed by atoms with van der Waals surface area (Å²) >= 11 is 0. The Bertz CT molecular complexity index is 1910. The number of anilines is 4. The summed E-state index contributed by atoms with van der Waals surface area (Å²) in [6.45, 7) is 8.22. The molecule has 0 unspecified atom stereocenters. The molecule has 6 aromatic rings. The molecule has 0 fully saturated rings. The lowest BCUT2D eigenvalue weighted by Crippen LogP contribution is -2.11. The number of benzene rings is 2. The van der Waals surface area contributed by atoms with E-state index in [4.69, 9.17) is 15.0 Å². The third-order valence-electron chi connectivity index (χ3n) is 6.86. The summed E-state index contributed by atoms with van der Waals surface area (Å²) in [6, 6.07) is 19.6. The predicted molar refractivity (Wildman–Crippen MR) is 166 cm³/mol. The topological polar surface area (TPSA) is 122 Å². The van der Waals surface area contributed by atoms with Crippen LogP contribution in [0.25, 0.3) is 27.7 Å². The number of rotatable bonds is 9. The highest BCUT2D eigenvalue weighted by molar-refractivity contribution is 6.02. The number of nitrogens with one attached hydrogen (secondary N) is 3. The van der Waals surface area contributed by atoms with Gasteiger partial charge in [0.2, 0.25) is 17.8 Å². The maximum absolute atomic E-state index is 11.8. The first-order chi connectivity index (χ1) is 20.5. The lowest BCUT2D eigenvalue weighted by molar-refractivity contribution is -0.111. The molecule has 10 nitrogen and oxygen atoms in total. The van der Waals surface area contributed by atoms with E-state index < -0.39 is 0 Å². The highest BCUT2D eigenvalue weighted by Gasteiger charge is 2.17. The van der Waals surface area contributed by atoms with Crippen molar-refractivity contribution < 1.29 is 4.79 Å². The van der Waals surface area contributed by atoms with Gasteiger partial charge < -0.3 is 16.0 Å². The third-order valence-corrected chi connectivity index (χ3v) is 6.86. The van der Waals surface area contributed by atoms with Gasteiger partial charge in [-0.25, -0.2) is 0 Å². The molecule has 1 amide bonds. The van der Waals surface area contributed by atoms with E-state index in [9.17, 15) is 4.79 Å². The molecular formula is C32H29N9O. The predicted octanol–water partition coefficient (Wildman–Crippen LogP) is 6.34. The van der Waals surface area contributed by atoms with Gasteiger partial charge >= 0.3 is 0 Å². The molecule has 42 heavy (non-hydrogen) atoms. The molecule has 2 aromatic carbocycles. The Morgan fingerprint density at radius 1 is 1.00 bits per heavy atom. The number of amides is 1. The van der Waals surface area contributed by atoms with Crippen molar-refractivity contribution in [1.29, 1.82) is 0 Å². The van der Waals surface area contributed by atoms with Crippen molar-refractivity contribution in [3.63, 3.8) is 0 Å². The van der Waals surface area contributed by atoms with Gasteiger partial charge in [-0.05, 0) is 53.3 Å². The largest absolute Gasteiger partial charge is 0.350 e. The zero-order valence-electron chi connectivity index (χ0n) is 23.2. The fraction of sp³-hybridized carbons (Fsp3) is 0.125. The van der Waals surface area contributed by atoms with Crippen LogP contribution in [0.15, 0.2) is 98.1 Å². The van der Waals surface area contributed by atoms with Crippen LogP contribution in [0.4, 0.5) is 23.3 Å². The Morgan fingerprint density at radius 2 is 1.88 bits per heavy atom. The second-order valence-electron chi connectivity index (χ2n) is 10.0. The minimum Gasteiger partial charge on any atom is -0.350 e. The van der Waals surface area contributed by atoms with Gasteiger partial charge in [0.05, 0.1) is 23.8 Å². The molecule has 0 saturated carbocycles. The van der Waals surface area contributed by atoms with Crippen LogP contribution in [-0.4, -0.2) is 35.5 Å². The normalized spacial score (nSPS) is 11.1. The lowest BCUT2D eigenvalue weighted by atomic mass is 9.99. The summed E-state index contributed by atoms with van der Waals surface area (Å²) < 4.78 is 1.74. The first-order valence-electron chi connectivity index (χ1n) is 13.6. The molecule has 4 aromatic heterocycles. The van der Waals surface area contributed by atoms with Crippen LogP contribution >= 0.6 is 0 Å². The second-order valence-corrected chi connectivity index (χ2v) is 10.0. The molecule has 3 N–H and O–H groups in total. The number of carbonyl (C=O) groups excluding carboxylic acids is 1. The minimum atomic E-state index is -0.254. The summed E-state index contributed by atoms with van der Waals surface area (Å²) in [5.41, 5.74) is 6.11. The summed E-state index contributed by atoms with van der Waals surface area (Å²) in [6.07, 6.45) is 8.32. The zero-order valence-corrected chi connectivity index (χ0v) is 23.2. The van der Waals surface area contributed by atoms with E-state index in [1.807, 2.05) is 54.7 Å². The number of pyridine rings is 2. The number of hydrogen-bond donors (Lipinski definition) is 3. The Morgan fingerprint density at radius 3 is 2.69 bits per heavy atom. The maximum Gasteiger partial charge on any atom is 0.247 e. The average Bonchev–Trinajstić information content (AvgIpc) is 3.45. The van der Waals surface area contributed by atoms with Crippen LogP contribution < -0.4 is 16.0 Å². The first-order valence-corrected chi connectivity index (χ1v) is 13.6. The van der Waals surface area contributed by atoms with Crippen molar-refractivity contribution in [1.82, 2.24) is 29.5 Å². The van der Waals surface area contributed by atoms with Crippen molar-refractivity contribution in [3.05, 3.63) is 109 Å². The van der Waals surface area contributed by atoms with E-state index in [1.165, 1.54) is 6.08 Å². The van der Waals surface area contributed by atoms with Gasteiger partial charge in [-0.2, -0.15) is 19.6 Å². The van der Waals surface area contributed by atoms with E-state index in [2.05, 4.69) is 58.6 Å². The van der Waals surface area contributed by atoms with Gasteiger partial charge in [0.15, 0.2) is 5.65 Å². The Kier molecular flexibility index (Phi) is 7.25. The Hall–Kier alpha value is -5.64. The molecule has 0 spiro atoms. The fourth-order valence-corrected chi connectivity index (χ4v) is 4.78. The molecule has 0 radical (unpaired) electrons. The molecule has 0 aliphatic rings. The third kappa shape index (κ3) is 5.37. The number of aromatic nitrogens is 6. The molecule has 10 heteroatoms. The van der Waals surface area contributed by atoms with Gasteiger partial charge in [0.1, 0.15) is 0 Å². The van der Waals surface area contributed by atoms with Crippen molar-refractivity contribution >= 4 is 45.6 Å². The number of nitrogens with zero attached hydrogens (tertiary/aromatic N) is 6. The average molecular weight is 556 g/mol. The van der Waals surface area contributed by atoms with Crippen LogP contribution in [-0.2, 0) is 11.3 Å². The van der Waals surface area contributed by atoms with E-state index in [0.717, 1.165) is 44.5 Å². The molecule has 0 atom stereocenters. The van der Waals surface area contributed by atoms with Crippen LogP contribution in [0, 0.1) is 0 Å². The van der Waals surface area contributed by atoms with E-state index in [0.29, 0.717) is 24.1 Å². The number of hydrogen-bond acceptors (Lipinski definition) is 8. The van der Waals surface area contributed by atoms with Crippen molar-refractivity contribution in [2.24, 2.45) is 0 Å². The second kappa shape index (κ2) is 11.5. The van der Waals surface area contributed by atoms with E-state index >= 15 is 0 Å². The van der Waals surface area contributed by atoms with Crippen LogP contribution in [0.1, 0.15) is 30.9 Å². The van der Waals surface area contributed by atoms with Crippen LogP contribution in [0.2, 0.25) is 0 Å². The van der Waals surface area contributed by atoms with Gasteiger partial charge in [-0.1, -0.05) is 50.8 Å². The summed E-state index contributed by atoms with van der Waals surface area (Å²) in [7, 11) is 0. The molecule has 4 heterocycles. The molecule has 208 valence electrons. The Labute approximate surface area is 242 Å². The monoisotopic (exact) mass is 555 g/mol. The van der Waals surface area contributed by atoms with E-state index in [-0.39, 0.29) is 11.8 Å². The highest BCUT2D eigenvalue weighted by Crippen LogP contribution is 2.31. The SMILES string of the molecule is C=CC(=O)Nc1ccc2c(-c3ccccc3CNc3nc(Nc4cccnc4)nc4c(C(C)C)cnn34)nccc2c1. The van der Waals surface area contributed by atoms with Crippen molar-refractivity contribution in [2.45, 2.75) is 26.3 Å². The molecule has 0 aliphatic heterocycles. The summed E-state index contributed by atoms with van der Waals surface area (Å²) in [4.78, 5) is 30.2. The van der Waals surface area contributed by atoms with Crippen LogP contribution in [0.3, 0.4) is 0 Å². The maximum atomic E-state index is 11.8. The molecule has 0 saturated heterocycles. The fourth-order valence-electron chi connectivity index (χ4n) is 4.78. The summed E-state index contributed by atoms with van der Waals surface area (Å²) in [5, 5.41) is 16.1. The van der Waals surface area contributed by atoms with Crippen molar-refractivity contribution in [3.8, 4) is 11.3 Å². The van der Waals surface area contributed by atoms with Crippen LogP contribution in [0.5, 0.6) is 0 Å². The Balaban J connectivity index is 1.35. The quantitative estimate of drug-likeness (QED) is 0.177. The smallest absolute Gasteiger partial charge is 0.247 e. The molecule has 0 bridgehead atoms. The van der Waals surface area contributed by atoms with Gasteiger partial charge in [-0.3, -0.25) is 14.8 Å². The number of carbonyl (C=O) groups is 1. The first kappa shape index (κ1) is 26.6.